The van der Waals surface area contributed by atoms with E-state index in [1.165, 1.54) is 0 Å². The molecule has 2 aromatic rings. The molecular formula is C16H16N2O3. The number of hydrogen-bond donors (Lipinski definition) is 1. The number of ether oxygens (including phenoxy) is 1. The summed E-state index contributed by atoms with van der Waals surface area (Å²) in [6.45, 7) is 3.28. The van der Waals surface area contributed by atoms with Crippen molar-refractivity contribution in [3.8, 4) is 5.75 Å². The van der Waals surface area contributed by atoms with Gasteiger partial charge in [-0.15, -0.1) is 0 Å². The number of pyridine rings is 1. The summed E-state index contributed by atoms with van der Waals surface area (Å²) in [5.41, 5.74) is 2.32. The molecule has 5 nitrogen and oxygen atoms in total. The molecule has 1 aliphatic heterocycles. The van der Waals surface area contributed by atoms with Crippen LogP contribution in [-0.2, 0) is 6.54 Å². The Morgan fingerprint density at radius 2 is 2.10 bits per heavy atom. The monoisotopic (exact) mass is 284 g/mol. The van der Waals surface area contributed by atoms with Crippen molar-refractivity contribution in [3.63, 3.8) is 0 Å². The van der Waals surface area contributed by atoms with Gasteiger partial charge in [0, 0.05) is 30.2 Å². The summed E-state index contributed by atoms with van der Waals surface area (Å²) in [4.78, 5) is 17.3. The van der Waals surface area contributed by atoms with Crippen molar-refractivity contribution in [1.82, 2.24) is 4.98 Å². The van der Waals surface area contributed by atoms with Gasteiger partial charge < -0.3 is 14.7 Å². The Labute approximate surface area is 122 Å². The average Bonchev–Trinajstić information content (AvgIpc) is 2.67. The minimum atomic E-state index is -0.940. The molecule has 0 saturated carbocycles. The number of anilines is 1. The third-order valence-electron chi connectivity index (χ3n) is 3.66. The van der Waals surface area contributed by atoms with Gasteiger partial charge in [-0.3, -0.25) is 4.98 Å². The molecule has 2 heterocycles. The number of aromatic carboxylic acids is 1. The molecule has 1 atom stereocenters. The first kappa shape index (κ1) is 13.4. The predicted octanol–water partition coefficient (Wildman–Crippen LogP) is 2.57. The molecule has 0 radical (unpaired) electrons. The third kappa shape index (κ3) is 2.67. The van der Waals surface area contributed by atoms with E-state index in [0.29, 0.717) is 18.9 Å². The smallest absolute Gasteiger partial charge is 0.335 e. The van der Waals surface area contributed by atoms with Crippen molar-refractivity contribution in [3.05, 3.63) is 53.9 Å². The summed E-state index contributed by atoms with van der Waals surface area (Å²) in [5.74, 6) is -0.289. The standard InChI is InChI=1S/C16H16N2O3/c1-11-10-21-15-8-12(16(19)20)2-3-13(15)9-18(11)14-4-6-17-7-5-14/h2-8,11H,9-10H2,1H3,(H,19,20)/t11-/m0/s1. The van der Waals surface area contributed by atoms with Crippen LogP contribution in [-0.4, -0.2) is 28.7 Å². The summed E-state index contributed by atoms with van der Waals surface area (Å²) in [6, 6.07) is 9.16. The quantitative estimate of drug-likeness (QED) is 0.918. The fraction of sp³-hybridized carbons (Fsp3) is 0.250. The highest BCUT2D eigenvalue weighted by Gasteiger charge is 2.22. The van der Waals surface area contributed by atoms with Gasteiger partial charge in [0.25, 0.3) is 0 Å². The van der Waals surface area contributed by atoms with Crippen LogP contribution in [0.2, 0.25) is 0 Å². The summed E-state index contributed by atoms with van der Waals surface area (Å²) < 4.78 is 5.78. The lowest BCUT2D eigenvalue weighted by molar-refractivity contribution is 0.0696. The van der Waals surface area contributed by atoms with E-state index in [-0.39, 0.29) is 11.6 Å². The molecule has 0 amide bonds. The number of benzene rings is 1. The van der Waals surface area contributed by atoms with Crippen molar-refractivity contribution in [1.29, 1.82) is 0 Å². The van der Waals surface area contributed by atoms with Crippen LogP contribution >= 0.6 is 0 Å². The number of carboxylic acid groups (broad SMARTS) is 1. The van der Waals surface area contributed by atoms with Gasteiger partial charge in [-0.05, 0) is 31.2 Å². The van der Waals surface area contributed by atoms with E-state index in [9.17, 15) is 4.79 Å². The lowest BCUT2D eigenvalue weighted by atomic mass is 10.1. The first-order valence-corrected chi connectivity index (χ1v) is 6.81. The van der Waals surface area contributed by atoms with E-state index in [4.69, 9.17) is 9.84 Å². The molecule has 0 spiro atoms. The normalized spacial score (nSPS) is 17.6. The second kappa shape index (κ2) is 5.44. The van der Waals surface area contributed by atoms with E-state index in [2.05, 4.69) is 16.8 Å². The van der Waals surface area contributed by atoms with Gasteiger partial charge in [0.1, 0.15) is 12.4 Å². The predicted molar refractivity (Wildman–Crippen MR) is 78.8 cm³/mol. The van der Waals surface area contributed by atoms with Crippen LogP contribution in [0.3, 0.4) is 0 Å². The van der Waals surface area contributed by atoms with Crippen LogP contribution < -0.4 is 9.64 Å². The molecule has 5 heteroatoms. The molecule has 0 unspecified atom stereocenters. The van der Waals surface area contributed by atoms with Crippen LogP contribution in [0.5, 0.6) is 5.75 Å². The maximum atomic E-state index is 11.0. The van der Waals surface area contributed by atoms with Crippen molar-refractivity contribution in [2.75, 3.05) is 11.5 Å². The maximum Gasteiger partial charge on any atom is 0.335 e. The fourth-order valence-corrected chi connectivity index (χ4v) is 2.47. The van der Waals surface area contributed by atoms with Gasteiger partial charge in [-0.2, -0.15) is 0 Å². The van der Waals surface area contributed by atoms with Crippen LogP contribution in [0.15, 0.2) is 42.7 Å². The Hall–Kier alpha value is -2.56. The molecule has 1 aromatic heterocycles. The Balaban J connectivity index is 1.95. The van der Waals surface area contributed by atoms with Crippen LogP contribution in [0.1, 0.15) is 22.8 Å². The van der Waals surface area contributed by atoms with Gasteiger partial charge in [-0.25, -0.2) is 4.79 Å². The number of aromatic nitrogens is 1. The average molecular weight is 284 g/mol. The first-order valence-electron chi connectivity index (χ1n) is 6.81. The summed E-state index contributed by atoms with van der Waals surface area (Å²) in [5, 5.41) is 9.07. The molecule has 3 rings (SSSR count). The number of hydrogen-bond acceptors (Lipinski definition) is 4. The lowest BCUT2D eigenvalue weighted by Crippen LogP contribution is -2.34. The Kier molecular flexibility index (Phi) is 3.48. The SMILES string of the molecule is C[C@H]1COc2cc(C(=O)O)ccc2CN1c1ccncc1. The van der Waals surface area contributed by atoms with Crippen molar-refractivity contribution in [2.45, 2.75) is 19.5 Å². The van der Waals surface area contributed by atoms with Gasteiger partial charge in [-0.1, -0.05) is 6.07 Å². The van der Waals surface area contributed by atoms with Crippen molar-refractivity contribution >= 4 is 11.7 Å². The van der Waals surface area contributed by atoms with Crippen molar-refractivity contribution in [2.24, 2.45) is 0 Å². The zero-order chi connectivity index (χ0) is 14.8. The first-order chi connectivity index (χ1) is 10.1. The van der Waals surface area contributed by atoms with E-state index in [1.54, 1.807) is 24.5 Å². The molecular weight excluding hydrogens is 268 g/mol. The molecule has 108 valence electrons. The second-order valence-electron chi connectivity index (χ2n) is 5.12. The van der Waals surface area contributed by atoms with Crippen molar-refractivity contribution < 1.29 is 14.6 Å². The molecule has 0 saturated heterocycles. The minimum absolute atomic E-state index is 0.188. The zero-order valence-corrected chi connectivity index (χ0v) is 11.7. The van der Waals surface area contributed by atoms with Gasteiger partial charge in [0.05, 0.1) is 11.6 Å². The van der Waals surface area contributed by atoms with E-state index in [0.717, 1.165) is 11.3 Å². The molecule has 21 heavy (non-hydrogen) atoms. The van der Waals surface area contributed by atoms with E-state index >= 15 is 0 Å². The third-order valence-corrected chi connectivity index (χ3v) is 3.66. The van der Waals surface area contributed by atoms with E-state index < -0.39 is 5.97 Å². The second-order valence-corrected chi connectivity index (χ2v) is 5.12. The number of carbonyl (C=O) groups is 1. The highest BCUT2D eigenvalue weighted by atomic mass is 16.5. The molecule has 0 bridgehead atoms. The van der Waals surface area contributed by atoms with Gasteiger partial charge >= 0.3 is 5.97 Å². The molecule has 1 N–H and O–H groups in total. The Morgan fingerprint density at radius 3 is 2.81 bits per heavy atom. The highest BCUT2D eigenvalue weighted by Crippen LogP contribution is 2.29. The fourth-order valence-electron chi connectivity index (χ4n) is 2.47. The molecule has 0 fully saturated rings. The van der Waals surface area contributed by atoms with Gasteiger partial charge in [0.2, 0.25) is 0 Å². The summed E-state index contributed by atoms with van der Waals surface area (Å²) in [6.07, 6.45) is 3.53. The summed E-state index contributed by atoms with van der Waals surface area (Å²) in [7, 11) is 0. The largest absolute Gasteiger partial charge is 0.491 e. The number of rotatable bonds is 2. The topological polar surface area (TPSA) is 62.7 Å². The van der Waals surface area contributed by atoms with Crippen LogP contribution in [0.25, 0.3) is 0 Å². The molecule has 0 aliphatic carbocycles. The zero-order valence-electron chi connectivity index (χ0n) is 11.7. The Morgan fingerprint density at radius 1 is 1.33 bits per heavy atom. The number of fused-ring (bicyclic) bond motifs is 1. The van der Waals surface area contributed by atoms with E-state index in [1.807, 2.05) is 18.2 Å². The molecule has 1 aliphatic rings. The highest BCUT2D eigenvalue weighted by molar-refractivity contribution is 5.88. The van der Waals surface area contributed by atoms with Crippen LogP contribution in [0, 0.1) is 0 Å². The number of carboxylic acids is 1. The minimum Gasteiger partial charge on any atom is -0.491 e. The Bertz CT molecular complexity index is 658. The maximum absolute atomic E-state index is 11.0. The molecule has 1 aromatic carbocycles. The van der Waals surface area contributed by atoms with Crippen LogP contribution in [0.4, 0.5) is 5.69 Å². The lowest BCUT2D eigenvalue weighted by Gasteiger charge is -2.28. The number of nitrogens with zero attached hydrogens (tertiary/aromatic N) is 2. The summed E-state index contributed by atoms with van der Waals surface area (Å²) >= 11 is 0. The van der Waals surface area contributed by atoms with Gasteiger partial charge in [0.15, 0.2) is 0 Å².